The summed E-state index contributed by atoms with van der Waals surface area (Å²) in [6, 6.07) is 0.913. The number of nitrogens with zero attached hydrogens (tertiary/aromatic N) is 2. The molecule has 156 valence electrons. The standard InChI is InChI=1S/C22H41N3O2/c1-5-9-19(21(23)26)20(14-16(2)3)22(27)25-13-7-6-10-18(25)15-17-11-8-12-24(17)4/h16-20H,5-15H2,1-4H3,(H2,23,26). The van der Waals surface area contributed by atoms with Gasteiger partial charge in [0.15, 0.2) is 0 Å². The molecule has 0 bridgehead atoms. The van der Waals surface area contributed by atoms with Crippen molar-refractivity contribution >= 4 is 11.8 Å². The summed E-state index contributed by atoms with van der Waals surface area (Å²) in [5.74, 6) is -0.334. The zero-order valence-electron chi connectivity index (χ0n) is 18.0. The maximum absolute atomic E-state index is 13.6. The van der Waals surface area contributed by atoms with Gasteiger partial charge in [-0.1, -0.05) is 27.2 Å². The summed E-state index contributed by atoms with van der Waals surface area (Å²) in [5.41, 5.74) is 5.74. The van der Waals surface area contributed by atoms with Crippen LogP contribution in [-0.4, -0.2) is 53.8 Å². The lowest BCUT2D eigenvalue weighted by Crippen LogP contribution is -2.51. The Labute approximate surface area is 166 Å². The number of primary amides is 1. The molecule has 2 aliphatic heterocycles. The summed E-state index contributed by atoms with van der Waals surface area (Å²) < 4.78 is 0. The van der Waals surface area contributed by atoms with Gasteiger partial charge in [0, 0.05) is 30.5 Å². The highest BCUT2D eigenvalue weighted by molar-refractivity contribution is 5.87. The van der Waals surface area contributed by atoms with Gasteiger partial charge in [-0.15, -0.1) is 0 Å². The van der Waals surface area contributed by atoms with E-state index in [1.807, 2.05) is 0 Å². The van der Waals surface area contributed by atoms with Crippen molar-refractivity contribution in [3.05, 3.63) is 0 Å². The Morgan fingerprint density at radius 3 is 2.30 bits per heavy atom. The molecule has 4 atom stereocenters. The molecule has 2 N–H and O–H groups in total. The molecule has 2 rings (SSSR count). The van der Waals surface area contributed by atoms with Gasteiger partial charge in [-0.05, 0) is 70.9 Å². The van der Waals surface area contributed by atoms with Crippen molar-refractivity contribution in [1.29, 1.82) is 0 Å². The third-order valence-electron chi connectivity index (χ3n) is 6.62. The van der Waals surface area contributed by atoms with E-state index in [-0.39, 0.29) is 23.7 Å². The van der Waals surface area contributed by atoms with E-state index >= 15 is 0 Å². The topological polar surface area (TPSA) is 66.6 Å². The Bertz CT molecular complexity index is 494. The summed E-state index contributed by atoms with van der Waals surface area (Å²) in [7, 11) is 2.21. The fraction of sp³-hybridized carbons (Fsp3) is 0.909. The first-order valence-electron chi connectivity index (χ1n) is 11.1. The number of likely N-dealkylation sites (tertiary alicyclic amines) is 2. The lowest BCUT2D eigenvalue weighted by atomic mass is 9.80. The van der Waals surface area contributed by atoms with E-state index in [1.165, 1.54) is 25.8 Å². The second kappa shape index (κ2) is 10.4. The van der Waals surface area contributed by atoms with E-state index in [9.17, 15) is 9.59 Å². The quantitative estimate of drug-likeness (QED) is 0.667. The summed E-state index contributed by atoms with van der Waals surface area (Å²) in [6.45, 7) is 8.33. The minimum absolute atomic E-state index is 0.186. The van der Waals surface area contributed by atoms with Gasteiger partial charge in [0.1, 0.15) is 0 Å². The number of nitrogens with two attached hydrogens (primary N) is 1. The van der Waals surface area contributed by atoms with Crippen LogP contribution in [0.2, 0.25) is 0 Å². The smallest absolute Gasteiger partial charge is 0.226 e. The summed E-state index contributed by atoms with van der Waals surface area (Å²) in [6.07, 6.45) is 9.29. The first-order valence-corrected chi connectivity index (χ1v) is 11.1. The van der Waals surface area contributed by atoms with E-state index in [2.05, 4.69) is 37.6 Å². The highest BCUT2D eigenvalue weighted by Crippen LogP contribution is 2.32. The molecular weight excluding hydrogens is 338 g/mol. The molecule has 27 heavy (non-hydrogen) atoms. The van der Waals surface area contributed by atoms with E-state index in [4.69, 9.17) is 5.73 Å². The zero-order valence-corrected chi connectivity index (χ0v) is 18.0. The molecule has 2 fully saturated rings. The van der Waals surface area contributed by atoms with Crippen LogP contribution in [0.5, 0.6) is 0 Å². The number of rotatable bonds is 9. The molecule has 2 heterocycles. The molecule has 0 spiro atoms. The van der Waals surface area contributed by atoms with Crippen molar-refractivity contribution in [3.8, 4) is 0 Å². The number of hydrogen-bond donors (Lipinski definition) is 1. The molecule has 0 aromatic rings. The molecule has 5 nitrogen and oxygen atoms in total. The monoisotopic (exact) mass is 379 g/mol. The van der Waals surface area contributed by atoms with Gasteiger partial charge in [-0.3, -0.25) is 9.59 Å². The van der Waals surface area contributed by atoms with E-state index < -0.39 is 0 Å². The molecular formula is C22H41N3O2. The van der Waals surface area contributed by atoms with Crippen LogP contribution in [-0.2, 0) is 9.59 Å². The van der Waals surface area contributed by atoms with Gasteiger partial charge in [0.2, 0.25) is 11.8 Å². The first-order chi connectivity index (χ1) is 12.8. The molecule has 5 heteroatoms. The predicted molar refractivity (Wildman–Crippen MR) is 110 cm³/mol. The van der Waals surface area contributed by atoms with Crippen molar-refractivity contribution in [2.75, 3.05) is 20.1 Å². The lowest BCUT2D eigenvalue weighted by Gasteiger charge is -2.41. The number of carbonyl (C=O) groups is 2. The Kier molecular flexibility index (Phi) is 8.59. The van der Waals surface area contributed by atoms with Crippen LogP contribution in [0.4, 0.5) is 0 Å². The Morgan fingerprint density at radius 2 is 1.74 bits per heavy atom. The van der Waals surface area contributed by atoms with Crippen LogP contribution in [0.1, 0.15) is 78.6 Å². The van der Waals surface area contributed by atoms with Gasteiger partial charge in [0.25, 0.3) is 0 Å². The number of piperidine rings is 1. The Morgan fingerprint density at radius 1 is 1.04 bits per heavy atom. The van der Waals surface area contributed by atoms with Crippen LogP contribution in [0.3, 0.4) is 0 Å². The highest BCUT2D eigenvalue weighted by atomic mass is 16.2. The third-order valence-corrected chi connectivity index (χ3v) is 6.62. The minimum atomic E-state index is -0.332. The lowest BCUT2D eigenvalue weighted by molar-refractivity contribution is -0.145. The van der Waals surface area contributed by atoms with Crippen LogP contribution < -0.4 is 5.73 Å². The fourth-order valence-electron chi connectivity index (χ4n) is 5.14. The average molecular weight is 380 g/mol. The van der Waals surface area contributed by atoms with Gasteiger partial charge in [-0.25, -0.2) is 0 Å². The molecule has 0 aliphatic carbocycles. The molecule has 2 aliphatic rings. The molecule has 2 saturated heterocycles. The van der Waals surface area contributed by atoms with Crippen molar-refractivity contribution < 1.29 is 9.59 Å². The van der Waals surface area contributed by atoms with Crippen LogP contribution in [0, 0.1) is 17.8 Å². The van der Waals surface area contributed by atoms with Crippen LogP contribution in [0.25, 0.3) is 0 Å². The number of hydrogen-bond acceptors (Lipinski definition) is 3. The maximum atomic E-state index is 13.6. The minimum Gasteiger partial charge on any atom is -0.369 e. The summed E-state index contributed by atoms with van der Waals surface area (Å²) in [5, 5.41) is 0. The van der Waals surface area contributed by atoms with E-state index in [0.29, 0.717) is 24.4 Å². The molecule has 4 unspecified atom stereocenters. The summed E-state index contributed by atoms with van der Waals surface area (Å²) in [4.78, 5) is 30.4. The van der Waals surface area contributed by atoms with Crippen molar-refractivity contribution in [2.24, 2.45) is 23.5 Å². The Balaban J connectivity index is 2.17. The van der Waals surface area contributed by atoms with Crippen LogP contribution in [0.15, 0.2) is 0 Å². The third kappa shape index (κ3) is 5.94. The van der Waals surface area contributed by atoms with Gasteiger partial charge in [0.05, 0.1) is 0 Å². The average Bonchev–Trinajstić information content (AvgIpc) is 3.02. The van der Waals surface area contributed by atoms with Gasteiger partial charge < -0.3 is 15.5 Å². The van der Waals surface area contributed by atoms with Gasteiger partial charge >= 0.3 is 0 Å². The Hall–Kier alpha value is -1.10. The molecule has 0 aromatic carbocycles. The normalized spacial score (nSPS) is 26.3. The number of carbonyl (C=O) groups excluding carboxylic acids is 2. The summed E-state index contributed by atoms with van der Waals surface area (Å²) >= 11 is 0. The first kappa shape index (κ1) is 22.2. The van der Waals surface area contributed by atoms with Gasteiger partial charge in [-0.2, -0.15) is 0 Å². The predicted octanol–water partition coefficient (Wildman–Crippen LogP) is 3.42. The van der Waals surface area contributed by atoms with Crippen molar-refractivity contribution in [1.82, 2.24) is 9.80 Å². The second-order valence-electron chi connectivity index (χ2n) is 9.23. The van der Waals surface area contributed by atoms with E-state index in [0.717, 1.165) is 38.6 Å². The fourth-order valence-corrected chi connectivity index (χ4v) is 5.14. The van der Waals surface area contributed by atoms with Crippen LogP contribution >= 0.6 is 0 Å². The second-order valence-corrected chi connectivity index (χ2v) is 9.23. The molecule has 0 saturated carbocycles. The molecule has 2 amide bonds. The van der Waals surface area contributed by atoms with E-state index in [1.54, 1.807) is 0 Å². The van der Waals surface area contributed by atoms with Crippen molar-refractivity contribution in [2.45, 2.75) is 90.6 Å². The SMILES string of the molecule is CCCC(C(N)=O)C(CC(C)C)C(=O)N1CCCCC1CC1CCCN1C. The largest absolute Gasteiger partial charge is 0.369 e. The maximum Gasteiger partial charge on any atom is 0.226 e. The zero-order chi connectivity index (χ0) is 20.0. The highest BCUT2D eigenvalue weighted by Gasteiger charge is 2.39. The number of amides is 2. The molecule has 0 radical (unpaired) electrons. The molecule has 0 aromatic heterocycles. The van der Waals surface area contributed by atoms with Crippen molar-refractivity contribution in [3.63, 3.8) is 0 Å².